The number of benzene rings is 1. The molecule has 0 bridgehead atoms. The summed E-state index contributed by atoms with van der Waals surface area (Å²) in [7, 11) is 0. The van der Waals surface area contributed by atoms with Crippen LogP contribution in [0.15, 0.2) is 36.4 Å². The summed E-state index contributed by atoms with van der Waals surface area (Å²) >= 11 is 1.50. The zero-order chi connectivity index (χ0) is 23.8. The Labute approximate surface area is 201 Å². The fourth-order valence-corrected chi connectivity index (χ4v) is 5.32. The Hall–Kier alpha value is -2.18. The van der Waals surface area contributed by atoms with Crippen LogP contribution >= 0.6 is 11.3 Å². The Morgan fingerprint density at radius 3 is 2.61 bits per heavy atom. The molecule has 1 amide bonds. The third-order valence-corrected chi connectivity index (χ3v) is 7.25. The quantitative estimate of drug-likeness (QED) is 0.285. The highest BCUT2D eigenvalue weighted by Gasteiger charge is 2.31. The monoisotopic (exact) mass is 471 g/mol. The van der Waals surface area contributed by atoms with E-state index in [0.717, 1.165) is 62.6 Å². The van der Waals surface area contributed by atoms with Crippen molar-refractivity contribution < 1.29 is 19.4 Å². The fraction of sp³-hybridized carbons (Fsp3) is 0.556. The first-order chi connectivity index (χ1) is 15.9. The summed E-state index contributed by atoms with van der Waals surface area (Å²) in [5, 5.41) is 10.4. The van der Waals surface area contributed by atoms with Gasteiger partial charge in [-0.25, -0.2) is 4.79 Å². The molecule has 33 heavy (non-hydrogen) atoms. The van der Waals surface area contributed by atoms with Crippen molar-refractivity contribution in [1.82, 2.24) is 0 Å². The highest BCUT2D eigenvalue weighted by Crippen LogP contribution is 2.31. The van der Waals surface area contributed by atoms with Crippen molar-refractivity contribution in [2.24, 2.45) is 0 Å². The number of aliphatic hydroxyl groups is 1. The van der Waals surface area contributed by atoms with Crippen LogP contribution in [0.1, 0.15) is 98.4 Å². The van der Waals surface area contributed by atoms with Crippen molar-refractivity contribution in [3.63, 3.8) is 0 Å². The second-order valence-electron chi connectivity index (χ2n) is 9.17. The Bertz CT molecular complexity index is 905. The van der Waals surface area contributed by atoms with E-state index in [9.17, 15) is 14.7 Å². The molecule has 180 valence electrons. The number of unbranched alkanes of at least 4 members (excludes halogenated alkanes) is 2. The van der Waals surface area contributed by atoms with Crippen LogP contribution < -0.4 is 4.90 Å². The second kappa shape index (κ2) is 12.3. The Balaban J connectivity index is 1.54. The van der Waals surface area contributed by atoms with Gasteiger partial charge in [0.05, 0.1) is 12.2 Å². The van der Waals surface area contributed by atoms with Crippen molar-refractivity contribution in [2.45, 2.75) is 96.8 Å². The summed E-state index contributed by atoms with van der Waals surface area (Å²) < 4.78 is 5.27. The van der Waals surface area contributed by atoms with Crippen LogP contribution in [0.4, 0.5) is 5.69 Å². The van der Waals surface area contributed by atoms with E-state index in [2.05, 4.69) is 6.92 Å². The molecule has 2 atom stereocenters. The predicted octanol–water partition coefficient (Wildman–Crippen LogP) is 6.45. The SMILES string of the molecule is CCCCC[C@@H](O)c1ccc(N2C(=O)CC[C@@H]2CCCc2ccc(C(=O)OC(C)C)s2)cc1. The predicted molar refractivity (Wildman–Crippen MR) is 134 cm³/mol. The number of carbonyl (C=O) groups is 2. The lowest BCUT2D eigenvalue weighted by molar-refractivity contribution is -0.117. The molecule has 1 aromatic heterocycles. The van der Waals surface area contributed by atoms with Crippen LogP contribution in [0.2, 0.25) is 0 Å². The first kappa shape index (κ1) is 25.4. The molecular weight excluding hydrogens is 434 g/mol. The molecule has 2 aromatic rings. The van der Waals surface area contributed by atoms with Gasteiger partial charge in [0.2, 0.25) is 5.91 Å². The van der Waals surface area contributed by atoms with Crippen molar-refractivity contribution in [2.75, 3.05) is 4.90 Å². The van der Waals surface area contributed by atoms with Crippen LogP contribution in [0.25, 0.3) is 0 Å². The standard InChI is InChI=1S/C27H37NO4S/c1-4-5-6-10-24(29)20-11-13-22(14-12-20)28-21(15-18-26(28)30)8-7-9-23-16-17-25(33-23)27(31)32-19(2)3/h11-14,16-17,19,21,24,29H,4-10,15,18H2,1-3H3/t21-,24+/m0/s1. The van der Waals surface area contributed by atoms with Crippen molar-refractivity contribution in [3.8, 4) is 0 Å². The first-order valence-corrected chi connectivity index (χ1v) is 13.1. The van der Waals surface area contributed by atoms with Crippen molar-refractivity contribution >= 4 is 28.9 Å². The number of anilines is 1. The molecule has 0 saturated carbocycles. The van der Waals surface area contributed by atoms with Gasteiger partial charge in [0.1, 0.15) is 4.88 Å². The Morgan fingerprint density at radius 2 is 1.91 bits per heavy atom. The molecule has 0 aliphatic carbocycles. The zero-order valence-corrected chi connectivity index (χ0v) is 20.9. The summed E-state index contributed by atoms with van der Waals surface area (Å²) in [5.74, 6) is -0.0844. The summed E-state index contributed by atoms with van der Waals surface area (Å²) in [4.78, 5) is 28.4. The Kier molecular flexibility index (Phi) is 9.51. The minimum Gasteiger partial charge on any atom is -0.459 e. The van der Waals surface area contributed by atoms with Gasteiger partial charge in [0.25, 0.3) is 0 Å². The van der Waals surface area contributed by atoms with Gasteiger partial charge in [0.15, 0.2) is 0 Å². The number of nitrogens with zero attached hydrogens (tertiary/aromatic N) is 1. The minimum atomic E-state index is -0.441. The lowest BCUT2D eigenvalue weighted by atomic mass is 10.0. The molecular formula is C27H37NO4S. The summed E-state index contributed by atoms with van der Waals surface area (Å²) in [6.45, 7) is 5.86. The average Bonchev–Trinajstić information content (AvgIpc) is 3.40. The van der Waals surface area contributed by atoms with Gasteiger partial charge < -0.3 is 14.7 Å². The van der Waals surface area contributed by atoms with Crippen LogP contribution in [0.5, 0.6) is 0 Å². The van der Waals surface area contributed by atoms with Gasteiger partial charge in [-0.3, -0.25) is 4.79 Å². The maximum absolute atomic E-state index is 12.6. The number of aliphatic hydroxyl groups excluding tert-OH is 1. The number of hydrogen-bond acceptors (Lipinski definition) is 5. The smallest absolute Gasteiger partial charge is 0.348 e. The number of rotatable bonds is 12. The van der Waals surface area contributed by atoms with Crippen LogP contribution in [-0.4, -0.2) is 29.1 Å². The van der Waals surface area contributed by atoms with E-state index in [1.54, 1.807) is 0 Å². The number of esters is 1. The molecule has 2 heterocycles. The van der Waals surface area contributed by atoms with E-state index in [1.165, 1.54) is 16.2 Å². The Morgan fingerprint density at radius 1 is 1.15 bits per heavy atom. The van der Waals surface area contributed by atoms with Crippen LogP contribution in [-0.2, 0) is 16.0 Å². The normalized spacial score (nSPS) is 17.1. The number of amides is 1. The van der Waals surface area contributed by atoms with Gasteiger partial charge in [-0.05, 0) is 75.8 Å². The fourth-order valence-electron chi connectivity index (χ4n) is 4.39. The van der Waals surface area contributed by atoms with E-state index in [-0.39, 0.29) is 24.0 Å². The lowest BCUT2D eigenvalue weighted by Gasteiger charge is -2.25. The third-order valence-electron chi connectivity index (χ3n) is 6.13. The average molecular weight is 472 g/mol. The van der Waals surface area contributed by atoms with Gasteiger partial charge in [-0.15, -0.1) is 11.3 Å². The molecule has 0 unspecified atom stereocenters. The number of aryl methyl sites for hydroxylation is 1. The molecule has 1 fully saturated rings. The summed E-state index contributed by atoms with van der Waals surface area (Å²) in [6.07, 6.45) is 7.74. The van der Waals surface area contributed by atoms with Gasteiger partial charge in [-0.2, -0.15) is 0 Å². The third kappa shape index (κ3) is 7.15. The number of thiophene rings is 1. The highest BCUT2D eigenvalue weighted by atomic mass is 32.1. The molecule has 1 aromatic carbocycles. The van der Waals surface area contributed by atoms with Gasteiger partial charge in [-0.1, -0.05) is 38.3 Å². The van der Waals surface area contributed by atoms with Gasteiger partial charge in [0, 0.05) is 23.0 Å². The molecule has 0 radical (unpaired) electrons. The van der Waals surface area contributed by atoms with E-state index in [1.807, 2.05) is 55.1 Å². The minimum absolute atomic E-state index is 0.118. The molecule has 1 N–H and O–H groups in total. The molecule has 6 heteroatoms. The molecule has 1 aliphatic rings. The van der Waals surface area contributed by atoms with E-state index in [0.29, 0.717) is 11.3 Å². The molecule has 1 aliphatic heterocycles. The van der Waals surface area contributed by atoms with Crippen molar-refractivity contribution in [3.05, 3.63) is 51.7 Å². The molecule has 1 saturated heterocycles. The van der Waals surface area contributed by atoms with E-state index >= 15 is 0 Å². The summed E-state index contributed by atoms with van der Waals surface area (Å²) in [6, 6.07) is 11.9. The number of ether oxygens (including phenoxy) is 1. The second-order valence-corrected chi connectivity index (χ2v) is 10.3. The number of carbonyl (C=O) groups excluding carboxylic acids is 2. The van der Waals surface area contributed by atoms with E-state index < -0.39 is 6.10 Å². The van der Waals surface area contributed by atoms with Crippen molar-refractivity contribution in [1.29, 1.82) is 0 Å². The lowest BCUT2D eigenvalue weighted by Crippen LogP contribution is -2.32. The zero-order valence-electron chi connectivity index (χ0n) is 20.1. The molecule has 3 rings (SSSR count). The number of hydrogen-bond donors (Lipinski definition) is 1. The maximum atomic E-state index is 12.6. The molecule has 0 spiro atoms. The largest absolute Gasteiger partial charge is 0.459 e. The summed E-state index contributed by atoms with van der Waals surface area (Å²) in [5.41, 5.74) is 1.84. The van der Waals surface area contributed by atoms with Crippen LogP contribution in [0.3, 0.4) is 0 Å². The topological polar surface area (TPSA) is 66.8 Å². The van der Waals surface area contributed by atoms with Gasteiger partial charge >= 0.3 is 5.97 Å². The maximum Gasteiger partial charge on any atom is 0.348 e. The van der Waals surface area contributed by atoms with Crippen LogP contribution in [0, 0.1) is 0 Å². The first-order valence-electron chi connectivity index (χ1n) is 12.3. The van der Waals surface area contributed by atoms with E-state index in [4.69, 9.17) is 4.74 Å². The molecule has 5 nitrogen and oxygen atoms in total. The highest BCUT2D eigenvalue weighted by molar-refractivity contribution is 7.13.